The second kappa shape index (κ2) is 8.77. The number of ether oxygens (including phenoxy) is 2. The number of ketones is 1. The molecule has 2 aromatic rings. The van der Waals surface area contributed by atoms with Crippen molar-refractivity contribution >= 4 is 21.7 Å². The van der Waals surface area contributed by atoms with E-state index in [1.807, 2.05) is 44.2 Å². The van der Waals surface area contributed by atoms with Gasteiger partial charge in [0.15, 0.2) is 5.78 Å². The second-order valence-electron chi connectivity index (χ2n) is 8.95. The average molecular weight is 504 g/mol. The molecule has 1 atom stereocenters. The highest BCUT2D eigenvalue weighted by molar-refractivity contribution is 9.10. The van der Waals surface area contributed by atoms with E-state index < -0.39 is 5.92 Å². The highest BCUT2D eigenvalue weighted by atomic mass is 79.9. The van der Waals surface area contributed by atoms with Crippen LogP contribution in [-0.2, 0) is 16.1 Å². The normalized spacial score (nSPS) is 19.3. The smallest absolute Gasteiger partial charge is 0.205 e. The number of rotatable bonds is 4. The van der Waals surface area contributed by atoms with Crippen molar-refractivity contribution in [1.29, 1.82) is 10.5 Å². The summed E-state index contributed by atoms with van der Waals surface area (Å²) in [4.78, 5) is 13.1. The number of nitrogens with two attached hydrogens (primary N) is 1. The van der Waals surface area contributed by atoms with E-state index in [0.29, 0.717) is 40.0 Å². The topological polar surface area (TPSA) is 109 Å². The summed E-state index contributed by atoms with van der Waals surface area (Å²) >= 11 is 3.55. The zero-order valence-corrected chi connectivity index (χ0v) is 19.9. The van der Waals surface area contributed by atoms with Gasteiger partial charge in [0, 0.05) is 24.0 Å². The van der Waals surface area contributed by atoms with Crippen molar-refractivity contribution < 1.29 is 14.3 Å². The molecule has 2 N–H and O–H groups in total. The van der Waals surface area contributed by atoms with Crippen molar-refractivity contribution in [3.63, 3.8) is 0 Å². The Morgan fingerprint density at radius 3 is 2.64 bits per heavy atom. The summed E-state index contributed by atoms with van der Waals surface area (Å²) in [7, 11) is 0. The lowest BCUT2D eigenvalue weighted by molar-refractivity contribution is -0.119. The fraction of sp³-hybridized carbons (Fsp3) is 0.269. The molecule has 2 aromatic carbocycles. The zero-order valence-electron chi connectivity index (χ0n) is 18.3. The van der Waals surface area contributed by atoms with Gasteiger partial charge < -0.3 is 15.2 Å². The molecule has 33 heavy (non-hydrogen) atoms. The van der Waals surface area contributed by atoms with Crippen LogP contribution in [0.1, 0.15) is 49.3 Å². The van der Waals surface area contributed by atoms with Crippen molar-refractivity contribution in [1.82, 2.24) is 0 Å². The van der Waals surface area contributed by atoms with Gasteiger partial charge in [-0.2, -0.15) is 10.5 Å². The fourth-order valence-corrected chi connectivity index (χ4v) is 4.85. The van der Waals surface area contributed by atoms with Crippen molar-refractivity contribution in [2.45, 2.75) is 39.2 Å². The van der Waals surface area contributed by atoms with E-state index >= 15 is 0 Å². The minimum Gasteiger partial charge on any atom is -0.488 e. The predicted molar refractivity (Wildman–Crippen MR) is 125 cm³/mol. The monoisotopic (exact) mass is 503 g/mol. The summed E-state index contributed by atoms with van der Waals surface area (Å²) in [5.74, 6) is 0.543. The number of hydrogen-bond donors (Lipinski definition) is 1. The number of hydrogen-bond acceptors (Lipinski definition) is 6. The van der Waals surface area contributed by atoms with Gasteiger partial charge in [-0.1, -0.05) is 38.1 Å². The van der Waals surface area contributed by atoms with Crippen LogP contribution in [0.2, 0.25) is 0 Å². The molecule has 166 valence electrons. The summed E-state index contributed by atoms with van der Waals surface area (Å²) in [6.45, 7) is 4.26. The van der Waals surface area contributed by atoms with E-state index in [4.69, 9.17) is 15.2 Å². The Morgan fingerprint density at radius 1 is 1.18 bits per heavy atom. The maximum atomic E-state index is 13.1. The number of nitrogens with zero attached hydrogens (tertiary/aromatic N) is 2. The maximum absolute atomic E-state index is 13.1. The Labute approximate surface area is 201 Å². The highest BCUT2D eigenvalue weighted by Gasteiger charge is 2.43. The molecule has 1 unspecified atom stereocenters. The quantitative estimate of drug-likeness (QED) is 0.601. The largest absolute Gasteiger partial charge is 0.488 e. The summed E-state index contributed by atoms with van der Waals surface area (Å²) < 4.78 is 12.3. The van der Waals surface area contributed by atoms with Gasteiger partial charge in [0.05, 0.1) is 22.0 Å². The lowest BCUT2D eigenvalue weighted by atomic mass is 9.70. The molecular weight excluding hydrogens is 482 g/mol. The summed E-state index contributed by atoms with van der Waals surface area (Å²) in [5, 5.41) is 19.1. The van der Waals surface area contributed by atoms with E-state index in [9.17, 15) is 15.3 Å². The number of carbonyl (C=O) groups is 1. The summed E-state index contributed by atoms with van der Waals surface area (Å²) in [6.07, 6.45) is 0.954. The van der Waals surface area contributed by atoms with Crippen molar-refractivity contribution in [2.75, 3.05) is 0 Å². The maximum Gasteiger partial charge on any atom is 0.205 e. The molecule has 6 nitrogen and oxygen atoms in total. The molecule has 0 amide bonds. The van der Waals surface area contributed by atoms with Gasteiger partial charge in [-0.3, -0.25) is 4.79 Å². The molecule has 0 radical (unpaired) electrons. The van der Waals surface area contributed by atoms with Crippen LogP contribution < -0.4 is 10.5 Å². The minimum absolute atomic E-state index is 0.0314. The zero-order chi connectivity index (χ0) is 23.8. The summed E-state index contributed by atoms with van der Waals surface area (Å²) in [6, 6.07) is 17.0. The highest BCUT2D eigenvalue weighted by Crippen LogP contribution is 2.48. The van der Waals surface area contributed by atoms with Gasteiger partial charge in [0.2, 0.25) is 5.88 Å². The third-order valence-electron chi connectivity index (χ3n) is 5.89. The molecule has 0 aromatic heterocycles. The molecular formula is C26H22BrN3O3. The molecule has 7 heteroatoms. The molecule has 4 rings (SSSR count). The van der Waals surface area contributed by atoms with Gasteiger partial charge in [0.25, 0.3) is 0 Å². The molecule has 0 spiro atoms. The van der Waals surface area contributed by atoms with Crippen molar-refractivity contribution in [3.8, 4) is 17.9 Å². The first-order chi connectivity index (χ1) is 15.7. The van der Waals surface area contributed by atoms with Crippen LogP contribution in [0.15, 0.2) is 69.7 Å². The van der Waals surface area contributed by atoms with Gasteiger partial charge in [-0.15, -0.1) is 0 Å². The van der Waals surface area contributed by atoms with E-state index in [2.05, 4.69) is 28.1 Å². The third kappa shape index (κ3) is 4.37. The number of allylic oxidation sites excluding steroid dienone is 3. The molecule has 1 aliphatic heterocycles. The van der Waals surface area contributed by atoms with Crippen molar-refractivity contribution in [2.24, 2.45) is 11.1 Å². The van der Waals surface area contributed by atoms with Gasteiger partial charge >= 0.3 is 0 Å². The molecule has 0 saturated heterocycles. The Bertz CT molecular complexity index is 1290. The minimum atomic E-state index is -0.591. The van der Waals surface area contributed by atoms with Crippen molar-refractivity contribution in [3.05, 3.63) is 86.4 Å². The molecule has 0 bridgehead atoms. The first-order valence-electron chi connectivity index (χ1n) is 10.5. The Hall–Kier alpha value is -3.55. The van der Waals surface area contributed by atoms with Crippen LogP contribution in [0.3, 0.4) is 0 Å². The van der Waals surface area contributed by atoms with E-state index in [1.165, 1.54) is 0 Å². The van der Waals surface area contributed by atoms with Gasteiger partial charge in [-0.05, 0) is 45.1 Å². The second-order valence-corrected chi connectivity index (χ2v) is 9.80. The molecule has 2 aliphatic rings. The Balaban J connectivity index is 1.67. The standard InChI is InChI=1S/C26H22BrN3O3/c1-26(2)10-20(31)24-22(11-26)33-25(30)18(13-29)23(24)15-7-8-21(19(27)9-15)32-14-17-6-4-3-5-16(17)12-28/h3-9,23H,10-11,14,30H2,1-2H3. The number of halogens is 1. The molecule has 0 fully saturated rings. The fourth-order valence-electron chi connectivity index (χ4n) is 4.34. The first-order valence-corrected chi connectivity index (χ1v) is 11.3. The van der Waals surface area contributed by atoms with Crippen LogP contribution in [0.4, 0.5) is 0 Å². The van der Waals surface area contributed by atoms with E-state index in [1.54, 1.807) is 12.1 Å². The van der Waals surface area contributed by atoms with Crippen LogP contribution >= 0.6 is 15.9 Å². The number of benzene rings is 2. The average Bonchev–Trinajstić information content (AvgIpc) is 2.76. The van der Waals surface area contributed by atoms with Gasteiger partial charge in [0.1, 0.15) is 29.8 Å². The SMILES string of the molecule is CC1(C)CC(=O)C2=C(C1)OC(N)=C(C#N)C2c1ccc(OCc2ccccc2C#N)c(Br)c1. The van der Waals surface area contributed by atoms with Gasteiger partial charge in [-0.25, -0.2) is 0 Å². The van der Waals surface area contributed by atoms with E-state index in [-0.39, 0.29) is 29.3 Å². The lowest BCUT2D eigenvalue weighted by Gasteiger charge is -2.37. The predicted octanol–water partition coefficient (Wildman–Crippen LogP) is 5.35. The van der Waals surface area contributed by atoms with Crippen LogP contribution in [0.25, 0.3) is 0 Å². The van der Waals surface area contributed by atoms with E-state index in [0.717, 1.165) is 11.1 Å². The summed E-state index contributed by atoms with van der Waals surface area (Å²) in [5.41, 5.74) is 8.68. The Kier molecular flexibility index (Phi) is 6.01. The lowest BCUT2D eigenvalue weighted by Crippen LogP contribution is -2.33. The number of carbonyl (C=O) groups excluding carboxylic acids is 1. The first kappa shape index (κ1) is 22.6. The molecule has 1 heterocycles. The third-order valence-corrected chi connectivity index (χ3v) is 6.51. The van der Waals surface area contributed by atoms with Crippen LogP contribution in [0, 0.1) is 28.1 Å². The number of nitriles is 2. The van der Waals surface area contributed by atoms with Crippen LogP contribution in [-0.4, -0.2) is 5.78 Å². The molecule has 0 saturated carbocycles. The molecule has 1 aliphatic carbocycles. The number of Topliss-reactive ketones (excluding diaryl/α,β-unsaturated/α-hetero) is 1. The van der Waals surface area contributed by atoms with Crippen LogP contribution in [0.5, 0.6) is 5.75 Å². The Morgan fingerprint density at radius 2 is 1.94 bits per heavy atom.